The van der Waals surface area contributed by atoms with E-state index in [-0.39, 0.29) is 0 Å². The van der Waals surface area contributed by atoms with Crippen LogP contribution in [0.2, 0.25) is 0 Å². The van der Waals surface area contributed by atoms with Crippen LogP contribution in [-0.4, -0.2) is 5.78 Å². The Kier molecular flexibility index (Phi) is 1.35. The minimum atomic E-state index is 0.382. The van der Waals surface area contributed by atoms with Gasteiger partial charge < -0.3 is 0 Å². The molecule has 0 radical (unpaired) electrons. The molecule has 1 heteroatoms. The van der Waals surface area contributed by atoms with Gasteiger partial charge in [0.15, 0.2) is 5.78 Å². The highest BCUT2D eigenvalue weighted by atomic mass is 16.1. The average Bonchev–Trinajstić information content (AvgIpc) is 2.64. The summed E-state index contributed by atoms with van der Waals surface area (Å²) in [5.41, 5.74) is 1.34. The van der Waals surface area contributed by atoms with Crippen LogP contribution in [0.25, 0.3) is 0 Å². The van der Waals surface area contributed by atoms with Crippen molar-refractivity contribution in [2.75, 3.05) is 0 Å². The van der Waals surface area contributed by atoms with Gasteiger partial charge in [-0.3, -0.25) is 4.79 Å². The molecule has 0 N–H and O–H groups in total. The Bertz CT molecular complexity index is 291. The molecule has 3 aliphatic carbocycles. The SMILES string of the molecule is C=C1CC23CCCC2CCC3C1=O. The molecule has 0 heterocycles. The van der Waals surface area contributed by atoms with Crippen LogP contribution < -0.4 is 0 Å². The highest BCUT2D eigenvalue weighted by Gasteiger charge is 2.59. The first-order valence-corrected chi connectivity index (χ1v) is 5.46. The van der Waals surface area contributed by atoms with Crippen LogP contribution in [0.5, 0.6) is 0 Å². The van der Waals surface area contributed by atoms with Crippen LogP contribution in [0, 0.1) is 17.3 Å². The fourth-order valence-electron chi connectivity index (χ4n) is 4.19. The Morgan fingerprint density at radius 1 is 1.31 bits per heavy atom. The number of ketones is 1. The highest BCUT2D eigenvalue weighted by Crippen LogP contribution is 2.64. The standard InChI is InChI=1S/C12H16O/c1-8-7-12-6-2-3-9(12)4-5-10(12)11(8)13/h9-10H,1-7H2. The van der Waals surface area contributed by atoms with Crippen molar-refractivity contribution in [3.8, 4) is 0 Å². The van der Waals surface area contributed by atoms with Crippen LogP contribution in [0.15, 0.2) is 12.2 Å². The van der Waals surface area contributed by atoms with Crippen molar-refractivity contribution in [3.63, 3.8) is 0 Å². The molecule has 0 aromatic carbocycles. The smallest absolute Gasteiger partial charge is 0.161 e. The van der Waals surface area contributed by atoms with Gasteiger partial charge in [-0.05, 0) is 49.0 Å². The Hall–Kier alpha value is -0.590. The summed E-state index contributed by atoms with van der Waals surface area (Å²) in [7, 11) is 0. The fraction of sp³-hybridized carbons (Fsp3) is 0.750. The summed E-state index contributed by atoms with van der Waals surface area (Å²) < 4.78 is 0. The number of hydrogen-bond donors (Lipinski definition) is 0. The third-order valence-corrected chi connectivity index (χ3v) is 4.71. The van der Waals surface area contributed by atoms with Crippen LogP contribution in [0.1, 0.15) is 38.5 Å². The third-order valence-electron chi connectivity index (χ3n) is 4.71. The number of Topliss-reactive ketones (excluding diaryl/α,β-unsaturated/α-hetero) is 1. The predicted octanol–water partition coefficient (Wildman–Crippen LogP) is 2.71. The van der Waals surface area contributed by atoms with Crippen LogP contribution >= 0.6 is 0 Å². The number of hydrogen-bond acceptors (Lipinski definition) is 1. The maximum Gasteiger partial charge on any atom is 0.161 e. The Morgan fingerprint density at radius 2 is 2.15 bits per heavy atom. The molecule has 3 atom stereocenters. The molecule has 0 aromatic rings. The lowest BCUT2D eigenvalue weighted by atomic mass is 9.76. The predicted molar refractivity (Wildman–Crippen MR) is 51.3 cm³/mol. The maximum atomic E-state index is 11.8. The Balaban J connectivity index is 2.05. The summed E-state index contributed by atoms with van der Waals surface area (Å²) in [5.74, 6) is 1.65. The third kappa shape index (κ3) is 0.762. The lowest BCUT2D eigenvalue weighted by Crippen LogP contribution is -2.24. The number of carbonyl (C=O) groups is 1. The van der Waals surface area contributed by atoms with Crippen molar-refractivity contribution in [1.29, 1.82) is 0 Å². The largest absolute Gasteiger partial charge is 0.294 e. The van der Waals surface area contributed by atoms with Gasteiger partial charge in [0.2, 0.25) is 0 Å². The van der Waals surface area contributed by atoms with E-state index in [0.29, 0.717) is 17.1 Å². The second kappa shape index (κ2) is 2.26. The summed E-state index contributed by atoms with van der Waals surface area (Å²) in [6.07, 6.45) is 7.51. The van der Waals surface area contributed by atoms with Gasteiger partial charge in [-0.2, -0.15) is 0 Å². The van der Waals surface area contributed by atoms with Gasteiger partial charge >= 0.3 is 0 Å². The maximum absolute atomic E-state index is 11.8. The molecule has 0 amide bonds. The molecular formula is C12H16O. The van der Waals surface area contributed by atoms with Gasteiger partial charge in [-0.1, -0.05) is 13.0 Å². The molecule has 0 saturated heterocycles. The molecule has 70 valence electrons. The minimum absolute atomic E-state index is 0.382. The molecule has 3 fully saturated rings. The second-order valence-corrected chi connectivity index (χ2v) is 5.10. The zero-order valence-corrected chi connectivity index (χ0v) is 8.01. The summed E-state index contributed by atoms with van der Waals surface area (Å²) in [5, 5.41) is 0. The Morgan fingerprint density at radius 3 is 3.00 bits per heavy atom. The van der Waals surface area contributed by atoms with Gasteiger partial charge in [0.05, 0.1) is 0 Å². The van der Waals surface area contributed by atoms with Crippen LogP contribution in [0.4, 0.5) is 0 Å². The van der Waals surface area contributed by atoms with E-state index in [1.165, 1.54) is 25.7 Å². The first-order chi connectivity index (χ1) is 6.24. The van der Waals surface area contributed by atoms with E-state index in [1.807, 2.05) is 0 Å². The van der Waals surface area contributed by atoms with Crippen molar-refractivity contribution in [1.82, 2.24) is 0 Å². The summed E-state index contributed by atoms with van der Waals surface area (Å²) in [4.78, 5) is 11.8. The molecule has 3 saturated carbocycles. The van der Waals surface area contributed by atoms with Crippen molar-refractivity contribution < 1.29 is 4.79 Å². The van der Waals surface area contributed by atoms with Crippen molar-refractivity contribution >= 4 is 5.78 Å². The van der Waals surface area contributed by atoms with E-state index in [0.717, 1.165) is 24.3 Å². The van der Waals surface area contributed by atoms with Gasteiger partial charge in [-0.15, -0.1) is 0 Å². The molecule has 1 nitrogen and oxygen atoms in total. The Labute approximate surface area is 79.2 Å². The van der Waals surface area contributed by atoms with Crippen molar-refractivity contribution in [2.24, 2.45) is 17.3 Å². The van der Waals surface area contributed by atoms with Crippen molar-refractivity contribution in [2.45, 2.75) is 38.5 Å². The number of allylic oxidation sites excluding steroid dienone is 1. The summed E-state index contributed by atoms with van der Waals surface area (Å²) >= 11 is 0. The molecular weight excluding hydrogens is 160 g/mol. The van der Waals surface area contributed by atoms with E-state index in [2.05, 4.69) is 6.58 Å². The number of rotatable bonds is 0. The summed E-state index contributed by atoms with van der Waals surface area (Å²) in [6, 6.07) is 0. The fourth-order valence-corrected chi connectivity index (χ4v) is 4.19. The zero-order valence-electron chi connectivity index (χ0n) is 8.01. The van der Waals surface area contributed by atoms with Crippen LogP contribution in [-0.2, 0) is 4.79 Å². The molecule has 3 unspecified atom stereocenters. The first kappa shape index (κ1) is 7.78. The monoisotopic (exact) mass is 176 g/mol. The van der Waals surface area contributed by atoms with E-state index in [9.17, 15) is 4.79 Å². The summed E-state index contributed by atoms with van der Waals surface area (Å²) in [6.45, 7) is 3.92. The quantitative estimate of drug-likeness (QED) is 0.519. The van der Waals surface area contributed by atoms with Crippen molar-refractivity contribution in [3.05, 3.63) is 12.2 Å². The first-order valence-electron chi connectivity index (χ1n) is 5.46. The minimum Gasteiger partial charge on any atom is -0.294 e. The van der Waals surface area contributed by atoms with E-state index in [1.54, 1.807) is 0 Å². The lowest BCUT2D eigenvalue weighted by Gasteiger charge is -2.27. The second-order valence-electron chi connectivity index (χ2n) is 5.10. The molecule has 0 bridgehead atoms. The average molecular weight is 176 g/mol. The molecule has 0 aliphatic heterocycles. The highest BCUT2D eigenvalue weighted by molar-refractivity contribution is 6.00. The molecule has 1 spiro atoms. The van der Waals surface area contributed by atoms with Gasteiger partial charge in [0, 0.05) is 5.92 Å². The molecule has 0 aromatic heterocycles. The van der Waals surface area contributed by atoms with Gasteiger partial charge in [0.1, 0.15) is 0 Å². The van der Waals surface area contributed by atoms with E-state index < -0.39 is 0 Å². The van der Waals surface area contributed by atoms with E-state index >= 15 is 0 Å². The zero-order chi connectivity index (χ0) is 9.05. The van der Waals surface area contributed by atoms with Crippen LogP contribution in [0.3, 0.4) is 0 Å². The molecule has 3 rings (SSSR count). The molecule has 3 aliphatic rings. The normalized spacial score (nSPS) is 48.3. The lowest BCUT2D eigenvalue weighted by molar-refractivity contribution is -0.119. The van der Waals surface area contributed by atoms with Gasteiger partial charge in [-0.25, -0.2) is 0 Å². The number of carbonyl (C=O) groups excluding carboxylic acids is 1. The van der Waals surface area contributed by atoms with E-state index in [4.69, 9.17) is 0 Å². The molecule has 13 heavy (non-hydrogen) atoms. The topological polar surface area (TPSA) is 17.1 Å². The van der Waals surface area contributed by atoms with Gasteiger partial charge in [0.25, 0.3) is 0 Å².